The van der Waals surface area contributed by atoms with Crippen LogP contribution in [0.5, 0.6) is 0 Å². The fraction of sp³-hybridized carbons (Fsp3) is 0.300. The second-order valence-corrected chi connectivity index (χ2v) is 4.54. The molecule has 0 saturated carbocycles. The molecule has 1 aliphatic rings. The summed E-state index contributed by atoms with van der Waals surface area (Å²) in [6.07, 6.45) is 0.748. The molecule has 2 rings (SSSR count). The van der Waals surface area contributed by atoms with Crippen LogP contribution in [0.25, 0.3) is 0 Å². The lowest BCUT2D eigenvalue weighted by molar-refractivity contribution is 0.690. The number of nitrogens with one attached hydrogen (secondary N) is 1. The Morgan fingerprint density at radius 2 is 2.21 bits per heavy atom. The topological polar surface area (TPSA) is 41.5 Å². The largest absolute Gasteiger partial charge is 0.319 e. The number of benzene rings is 1. The Bertz CT molecular complexity index is 401. The lowest BCUT2D eigenvalue weighted by atomic mass is 10.3. The minimum Gasteiger partial charge on any atom is -0.319 e. The first-order valence-electron chi connectivity index (χ1n) is 4.56. The number of hydrogen-bond donors (Lipinski definition) is 1. The van der Waals surface area contributed by atoms with Gasteiger partial charge in [0, 0.05) is 13.0 Å². The lowest BCUT2D eigenvalue weighted by Crippen LogP contribution is -2.14. The third kappa shape index (κ3) is 1.63. The van der Waals surface area contributed by atoms with E-state index in [2.05, 4.69) is 10.3 Å². The molecule has 14 heavy (non-hydrogen) atoms. The lowest BCUT2D eigenvalue weighted by Gasteiger charge is -1.97. The highest BCUT2D eigenvalue weighted by atomic mass is 32.2. The molecule has 0 fully saturated rings. The molecule has 1 unspecified atom stereocenters. The molecule has 4 heteroatoms. The molecule has 1 aliphatic heterocycles. The summed E-state index contributed by atoms with van der Waals surface area (Å²) in [7, 11) is 0.853. The van der Waals surface area contributed by atoms with Crippen LogP contribution in [0.4, 0.5) is 5.69 Å². The van der Waals surface area contributed by atoms with Gasteiger partial charge in [-0.3, -0.25) is 0 Å². The van der Waals surface area contributed by atoms with Crippen molar-refractivity contribution in [2.45, 2.75) is 11.3 Å². The van der Waals surface area contributed by atoms with Gasteiger partial charge >= 0.3 is 0 Å². The van der Waals surface area contributed by atoms with E-state index in [1.807, 2.05) is 31.3 Å². The minimum atomic E-state index is -1.03. The second kappa shape index (κ2) is 4.02. The van der Waals surface area contributed by atoms with E-state index in [1.165, 1.54) is 0 Å². The highest BCUT2D eigenvalue weighted by molar-refractivity contribution is 8.01. The van der Waals surface area contributed by atoms with Crippen LogP contribution < -0.4 is 5.32 Å². The molecule has 1 N–H and O–H groups in total. The molecular weight excluding hydrogens is 196 g/mol. The predicted molar refractivity (Wildman–Crippen MR) is 58.5 cm³/mol. The third-order valence-electron chi connectivity index (χ3n) is 2.11. The first-order valence-corrected chi connectivity index (χ1v) is 5.71. The summed E-state index contributed by atoms with van der Waals surface area (Å²) >= 11 is 0. The molecule has 0 aliphatic carbocycles. The van der Waals surface area contributed by atoms with Crippen molar-refractivity contribution in [2.75, 3.05) is 13.6 Å². The fourth-order valence-corrected chi connectivity index (χ4v) is 2.62. The molecule has 0 radical (unpaired) electrons. The average Bonchev–Trinajstić information content (AvgIpc) is 2.54. The molecule has 0 saturated heterocycles. The average molecular weight is 208 g/mol. The van der Waals surface area contributed by atoms with Crippen LogP contribution >= 0.6 is 0 Å². The molecule has 0 aromatic heterocycles. The van der Waals surface area contributed by atoms with E-state index in [0.717, 1.165) is 28.6 Å². The summed E-state index contributed by atoms with van der Waals surface area (Å²) in [5.74, 6) is 0. The summed E-state index contributed by atoms with van der Waals surface area (Å²) in [5.41, 5.74) is 0.858. The second-order valence-electron chi connectivity index (χ2n) is 3.10. The molecule has 1 heterocycles. The van der Waals surface area contributed by atoms with Crippen LogP contribution in [0.2, 0.25) is 0 Å². The van der Waals surface area contributed by atoms with Gasteiger partial charge in [0.2, 0.25) is 0 Å². The van der Waals surface area contributed by atoms with E-state index in [-0.39, 0.29) is 0 Å². The maximum absolute atomic E-state index is 11.9. The van der Waals surface area contributed by atoms with Gasteiger partial charge in [0.15, 0.2) is 0 Å². The number of para-hydroxylation sites is 1. The molecule has 3 nitrogen and oxygen atoms in total. The summed E-state index contributed by atoms with van der Waals surface area (Å²) in [6, 6.07) is 7.59. The Morgan fingerprint density at radius 3 is 2.93 bits per heavy atom. The Balaban J connectivity index is 2.24. The van der Waals surface area contributed by atoms with Crippen molar-refractivity contribution in [1.29, 1.82) is 0 Å². The zero-order valence-corrected chi connectivity index (χ0v) is 8.80. The van der Waals surface area contributed by atoms with E-state index in [1.54, 1.807) is 0 Å². The summed E-state index contributed by atoms with van der Waals surface area (Å²) in [6.45, 7) is 0.818. The normalized spacial score (nSPS) is 19.2. The first-order chi connectivity index (χ1) is 6.83. The standard InChI is InChI=1S/C10H12N2OS/c1-11-7-6-10-12-8-4-2-3-5-9(8)14(10)13/h2-5,11H,6-7H2,1H3. The zero-order valence-electron chi connectivity index (χ0n) is 7.99. The Kier molecular flexibility index (Phi) is 2.74. The van der Waals surface area contributed by atoms with Gasteiger partial charge in [-0.2, -0.15) is 0 Å². The van der Waals surface area contributed by atoms with Gasteiger partial charge in [-0.25, -0.2) is 9.20 Å². The minimum absolute atomic E-state index is 0.748. The van der Waals surface area contributed by atoms with Crippen molar-refractivity contribution >= 4 is 21.5 Å². The van der Waals surface area contributed by atoms with Crippen LogP contribution in [0.3, 0.4) is 0 Å². The van der Waals surface area contributed by atoms with Crippen LogP contribution in [-0.4, -0.2) is 22.8 Å². The number of hydrogen-bond acceptors (Lipinski definition) is 3. The van der Waals surface area contributed by atoms with Crippen molar-refractivity contribution in [3.8, 4) is 0 Å². The SMILES string of the molecule is CNCCC1=Nc2ccccc2S1=O. The van der Waals surface area contributed by atoms with Gasteiger partial charge in [0.25, 0.3) is 0 Å². The van der Waals surface area contributed by atoms with Gasteiger partial charge in [-0.15, -0.1) is 0 Å². The Labute approximate surface area is 85.7 Å². The van der Waals surface area contributed by atoms with E-state index in [0.29, 0.717) is 0 Å². The van der Waals surface area contributed by atoms with Gasteiger partial charge in [0.05, 0.1) is 10.6 Å². The van der Waals surface area contributed by atoms with E-state index < -0.39 is 10.8 Å². The van der Waals surface area contributed by atoms with Gasteiger partial charge in [0.1, 0.15) is 15.8 Å². The van der Waals surface area contributed by atoms with Crippen LogP contribution in [-0.2, 0) is 10.8 Å². The molecule has 0 bridgehead atoms. The molecule has 0 amide bonds. The van der Waals surface area contributed by atoms with Crippen molar-refractivity contribution < 1.29 is 4.21 Å². The summed E-state index contributed by atoms with van der Waals surface area (Å²) < 4.78 is 11.9. The number of nitrogens with zero attached hydrogens (tertiary/aromatic N) is 1. The monoisotopic (exact) mass is 208 g/mol. The highest BCUT2D eigenvalue weighted by Gasteiger charge is 2.21. The molecular formula is C10H12N2OS. The maximum Gasteiger partial charge on any atom is 0.111 e. The summed E-state index contributed by atoms with van der Waals surface area (Å²) in [4.78, 5) is 5.19. The van der Waals surface area contributed by atoms with E-state index >= 15 is 0 Å². The molecule has 1 aromatic rings. The first kappa shape index (κ1) is 9.55. The molecule has 0 spiro atoms. The van der Waals surface area contributed by atoms with E-state index in [9.17, 15) is 4.21 Å². The highest BCUT2D eigenvalue weighted by Crippen LogP contribution is 2.30. The van der Waals surface area contributed by atoms with Gasteiger partial charge in [-0.1, -0.05) is 12.1 Å². The van der Waals surface area contributed by atoms with Gasteiger partial charge in [-0.05, 0) is 19.2 Å². The Morgan fingerprint density at radius 1 is 1.43 bits per heavy atom. The van der Waals surface area contributed by atoms with Crippen molar-refractivity contribution in [2.24, 2.45) is 4.99 Å². The number of fused-ring (bicyclic) bond motifs is 1. The van der Waals surface area contributed by atoms with E-state index in [4.69, 9.17) is 0 Å². The Hall–Kier alpha value is -1.00. The molecule has 1 aromatic carbocycles. The zero-order chi connectivity index (χ0) is 9.97. The third-order valence-corrected chi connectivity index (χ3v) is 3.58. The maximum atomic E-state index is 11.9. The summed E-state index contributed by atoms with van der Waals surface area (Å²) in [5, 5.41) is 3.80. The molecule has 74 valence electrons. The van der Waals surface area contributed by atoms with Crippen LogP contribution in [0, 0.1) is 0 Å². The van der Waals surface area contributed by atoms with Crippen LogP contribution in [0.1, 0.15) is 6.42 Å². The number of aliphatic imine (C=N–C) groups is 1. The van der Waals surface area contributed by atoms with Crippen LogP contribution in [0.15, 0.2) is 34.2 Å². The molecule has 1 atom stereocenters. The smallest absolute Gasteiger partial charge is 0.111 e. The quantitative estimate of drug-likeness (QED) is 0.816. The van der Waals surface area contributed by atoms with Crippen molar-refractivity contribution in [1.82, 2.24) is 5.32 Å². The van der Waals surface area contributed by atoms with Gasteiger partial charge < -0.3 is 5.32 Å². The number of rotatable bonds is 3. The van der Waals surface area contributed by atoms with Crippen molar-refractivity contribution in [3.63, 3.8) is 0 Å². The van der Waals surface area contributed by atoms with Crippen molar-refractivity contribution in [3.05, 3.63) is 24.3 Å². The predicted octanol–water partition coefficient (Wildman–Crippen LogP) is 1.45. The fourth-order valence-electron chi connectivity index (χ4n) is 1.39.